The summed E-state index contributed by atoms with van der Waals surface area (Å²) in [5.41, 5.74) is 2.53. The molecular weight excluding hydrogens is 324 g/mol. The molecule has 8 heteroatoms. The first-order valence-corrected chi connectivity index (χ1v) is 8.92. The van der Waals surface area contributed by atoms with Gasteiger partial charge in [0.05, 0.1) is 16.4 Å². The highest BCUT2D eigenvalue weighted by Crippen LogP contribution is 2.26. The van der Waals surface area contributed by atoms with Crippen LogP contribution in [0.5, 0.6) is 0 Å². The summed E-state index contributed by atoms with van der Waals surface area (Å²) in [6.45, 7) is 0.564. The Morgan fingerprint density at radius 1 is 1.33 bits per heavy atom. The lowest BCUT2D eigenvalue weighted by molar-refractivity contribution is 0.252. The first-order chi connectivity index (χ1) is 11.8. The van der Waals surface area contributed by atoms with Crippen LogP contribution in [0.1, 0.15) is 28.4 Å². The Bertz CT molecular complexity index is 847. The Balaban J connectivity index is 1.32. The molecule has 0 aromatic carbocycles. The van der Waals surface area contributed by atoms with Crippen LogP contribution in [0, 0.1) is 0 Å². The van der Waals surface area contributed by atoms with Crippen LogP contribution in [0.4, 0.5) is 10.5 Å². The van der Waals surface area contributed by atoms with Crippen LogP contribution in [-0.4, -0.2) is 32.2 Å². The number of nitrogens with zero attached hydrogens (tertiary/aromatic N) is 4. The van der Waals surface area contributed by atoms with Crippen molar-refractivity contribution in [3.63, 3.8) is 0 Å². The van der Waals surface area contributed by atoms with Crippen LogP contribution in [0.2, 0.25) is 0 Å². The summed E-state index contributed by atoms with van der Waals surface area (Å²) in [7, 11) is 0. The SMILES string of the molecule is O=C(NCCc1nc2c(s1)CCCC2)Nc1cccn2cnnc12. The number of nitrogens with one attached hydrogen (secondary N) is 2. The van der Waals surface area contributed by atoms with Gasteiger partial charge in [-0.05, 0) is 37.8 Å². The Morgan fingerprint density at radius 3 is 3.17 bits per heavy atom. The topological polar surface area (TPSA) is 84.2 Å². The third kappa shape index (κ3) is 3.09. The van der Waals surface area contributed by atoms with Crippen LogP contribution in [0.3, 0.4) is 0 Å². The van der Waals surface area contributed by atoms with E-state index in [1.807, 2.05) is 12.3 Å². The molecule has 0 unspecified atom stereocenters. The van der Waals surface area contributed by atoms with Crippen LogP contribution >= 0.6 is 11.3 Å². The predicted molar refractivity (Wildman–Crippen MR) is 92.5 cm³/mol. The standard InChI is InChI=1S/C16H18N6OS/c23-16(20-12-5-3-9-22-10-18-21-15(12)22)17-8-7-14-19-11-4-1-2-6-13(11)24-14/h3,5,9-10H,1-2,4,6-8H2,(H2,17,20,23). The van der Waals surface area contributed by atoms with Gasteiger partial charge in [-0.25, -0.2) is 9.78 Å². The van der Waals surface area contributed by atoms with E-state index < -0.39 is 0 Å². The van der Waals surface area contributed by atoms with E-state index in [1.165, 1.54) is 23.4 Å². The molecule has 0 saturated carbocycles. The lowest BCUT2D eigenvalue weighted by Gasteiger charge is -2.07. The van der Waals surface area contributed by atoms with Crippen LogP contribution < -0.4 is 10.6 Å². The minimum absolute atomic E-state index is 0.243. The van der Waals surface area contributed by atoms with Crippen LogP contribution in [0.15, 0.2) is 24.7 Å². The van der Waals surface area contributed by atoms with Crippen molar-refractivity contribution in [2.75, 3.05) is 11.9 Å². The van der Waals surface area contributed by atoms with Gasteiger partial charge in [-0.3, -0.25) is 4.40 Å². The van der Waals surface area contributed by atoms with Gasteiger partial charge in [-0.2, -0.15) is 0 Å². The summed E-state index contributed by atoms with van der Waals surface area (Å²) in [4.78, 5) is 18.2. The van der Waals surface area contributed by atoms with E-state index in [1.54, 1.807) is 28.1 Å². The van der Waals surface area contributed by atoms with Crippen molar-refractivity contribution in [3.05, 3.63) is 40.2 Å². The molecule has 2 amide bonds. The van der Waals surface area contributed by atoms with Gasteiger partial charge in [0.25, 0.3) is 0 Å². The Labute approximate surface area is 143 Å². The van der Waals surface area contributed by atoms with Gasteiger partial charge in [0.15, 0.2) is 5.65 Å². The van der Waals surface area contributed by atoms with Gasteiger partial charge in [0.1, 0.15) is 6.33 Å². The van der Waals surface area contributed by atoms with Gasteiger partial charge in [-0.1, -0.05) is 0 Å². The second kappa shape index (κ2) is 6.56. The number of rotatable bonds is 4. The predicted octanol–water partition coefficient (Wildman–Crippen LogP) is 2.43. The molecule has 3 heterocycles. The number of thiazole rings is 1. The lowest BCUT2D eigenvalue weighted by Crippen LogP contribution is -2.30. The first-order valence-electron chi connectivity index (χ1n) is 8.10. The number of aryl methyl sites for hydroxylation is 2. The molecule has 7 nitrogen and oxygen atoms in total. The molecule has 3 aromatic heterocycles. The molecular formula is C16H18N6OS. The highest BCUT2D eigenvalue weighted by atomic mass is 32.1. The fourth-order valence-electron chi connectivity index (χ4n) is 2.91. The molecule has 1 aliphatic rings. The van der Waals surface area contributed by atoms with E-state index >= 15 is 0 Å². The van der Waals surface area contributed by atoms with Gasteiger partial charge >= 0.3 is 6.03 Å². The Hall–Kier alpha value is -2.48. The number of anilines is 1. The number of pyridine rings is 1. The Kier molecular flexibility index (Phi) is 4.12. The minimum Gasteiger partial charge on any atom is -0.337 e. The van der Waals surface area contributed by atoms with E-state index in [-0.39, 0.29) is 6.03 Å². The number of aromatic nitrogens is 4. The zero-order chi connectivity index (χ0) is 16.4. The molecule has 0 bridgehead atoms. The molecule has 1 aliphatic carbocycles. The van der Waals surface area contributed by atoms with Crippen molar-refractivity contribution in [3.8, 4) is 0 Å². The number of urea groups is 1. The molecule has 124 valence electrons. The van der Waals surface area contributed by atoms with E-state index in [0.29, 0.717) is 17.9 Å². The second-order valence-corrected chi connectivity index (χ2v) is 6.97. The molecule has 0 radical (unpaired) electrons. The van der Waals surface area contributed by atoms with E-state index in [2.05, 4.69) is 20.8 Å². The Morgan fingerprint density at radius 2 is 2.25 bits per heavy atom. The summed E-state index contributed by atoms with van der Waals surface area (Å²) in [6.07, 6.45) is 8.96. The quantitative estimate of drug-likeness (QED) is 0.763. The zero-order valence-corrected chi connectivity index (χ0v) is 14.0. The molecule has 0 aliphatic heterocycles. The largest absolute Gasteiger partial charge is 0.337 e. The molecule has 0 atom stereocenters. The molecule has 24 heavy (non-hydrogen) atoms. The number of carbonyl (C=O) groups excluding carboxylic acids is 1. The van der Waals surface area contributed by atoms with Crippen molar-refractivity contribution < 1.29 is 4.79 Å². The van der Waals surface area contributed by atoms with E-state index in [0.717, 1.165) is 24.3 Å². The van der Waals surface area contributed by atoms with Crippen molar-refractivity contribution in [1.82, 2.24) is 24.9 Å². The van der Waals surface area contributed by atoms with Crippen molar-refractivity contribution in [1.29, 1.82) is 0 Å². The molecule has 0 spiro atoms. The minimum atomic E-state index is -0.243. The van der Waals surface area contributed by atoms with Gasteiger partial charge in [0.2, 0.25) is 0 Å². The lowest BCUT2D eigenvalue weighted by atomic mass is 10.0. The number of fused-ring (bicyclic) bond motifs is 2. The van der Waals surface area contributed by atoms with Gasteiger partial charge in [-0.15, -0.1) is 21.5 Å². The average molecular weight is 342 g/mol. The normalized spacial score (nSPS) is 13.7. The van der Waals surface area contributed by atoms with Crippen molar-refractivity contribution >= 4 is 28.7 Å². The highest BCUT2D eigenvalue weighted by molar-refractivity contribution is 7.11. The van der Waals surface area contributed by atoms with Crippen molar-refractivity contribution in [2.24, 2.45) is 0 Å². The number of carbonyl (C=O) groups is 1. The molecule has 0 fully saturated rings. The average Bonchev–Trinajstić information content (AvgIpc) is 3.21. The molecule has 0 saturated heterocycles. The van der Waals surface area contributed by atoms with E-state index in [9.17, 15) is 4.79 Å². The first kappa shape index (κ1) is 15.1. The van der Waals surface area contributed by atoms with Crippen LogP contribution in [0.25, 0.3) is 5.65 Å². The monoisotopic (exact) mass is 342 g/mol. The fraction of sp³-hybridized carbons (Fsp3) is 0.375. The van der Waals surface area contributed by atoms with Gasteiger partial charge < -0.3 is 10.6 Å². The molecule has 3 aromatic rings. The second-order valence-electron chi connectivity index (χ2n) is 5.80. The summed E-state index contributed by atoms with van der Waals surface area (Å²) >= 11 is 1.79. The fourth-order valence-corrected chi connectivity index (χ4v) is 4.07. The maximum atomic E-state index is 12.1. The van der Waals surface area contributed by atoms with Crippen LogP contribution in [-0.2, 0) is 19.3 Å². The maximum absolute atomic E-state index is 12.1. The highest BCUT2D eigenvalue weighted by Gasteiger charge is 2.15. The molecule has 4 rings (SSSR count). The summed E-state index contributed by atoms with van der Waals surface area (Å²) in [5, 5.41) is 14.6. The number of hydrogen-bond acceptors (Lipinski definition) is 5. The third-order valence-electron chi connectivity index (χ3n) is 4.09. The summed E-state index contributed by atoms with van der Waals surface area (Å²) in [6, 6.07) is 3.40. The maximum Gasteiger partial charge on any atom is 0.319 e. The van der Waals surface area contributed by atoms with Gasteiger partial charge in [0, 0.05) is 24.0 Å². The molecule has 2 N–H and O–H groups in total. The van der Waals surface area contributed by atoms with E-state index in [4.69, 9.17) is 4.98 Å². The smallest absolute Gasteiger partial charge is 0.319 e. The number of amides is 2. The summed E-state index contributed by atoms with van der Waals surface area (Å²) < 4.78 is 1.76. The number of hydrogen-bond donors (Lipinski definition) is 2. The third-order valence-corrected chi connectivity index (χ3v) is 5.30. The summed E-state index contributed by atoms with van der Waals surface area (Å²) in [5.74, 6) is 0. The van der Waals surface area contributed by atoms with Crippen molar-refractivity contribution in [2.45, 2.75) is 32.1 Å². The zero-order valence-electron chi connectivity index (χ0n) is 13.2.